The van der Waals surface area contributed by atoms with Crippen molar-refractivity contribution in [1.29, 1.82) is 0 Å². The van der Waals surface area contributed by atoms with E-state index in [0.717, 1.165) is 12.0 Å². The van der Waals surface area contributed by atoms with Crippen molar-refractivity contribution in [3.05, 3.63) is 11.6 Å². The molecule has 0 rings (SSSR count). The molecule has 0 fully saturated rings. The van der Waals surface area contributed by atoms with E-state index in [1.807, 2.05) is 20.8 Å². The Bertz CT molecular complexity index is 185. The number of aliphatic hydroxyl groups is 2. The molecule has 0 saturated heterocycles. The maximum Gasteiger partial charge on any atom is 0.0880 e. The summed E-state index contributed by atoms with van der Waals surface area (Å²) in [5.74, 6) is 0. The topological polar surface area (TPSA) is 49.7 Å². The molecular weight excluding hydrogens is 180 g/mol. The average molecular weight is 202 g/mol. The minimum Gasteiger partial charge on any atom is -0.392 e. The van der Waals surface area contributed by atoms with Crippen LogP contribution >= 0.6 is 0 Å². The maximum atomic E-state index is 9.78. The van der Waals surface area contributed by atoms with Gasteiger partial charge < -0.3 is 14.9 Å². The highest BCUT2D eigenvalue weighted by Crippen LogP contribution is 2.19. The smallest absolute Gasteiger partial charge is 0.0880 e. The first-order valence-corrected chi connectivity index (χ1v) is 4.93. The van der Waals surface area contributed by atoms with Crippen LogP contribution in [-0.4, -0.2) is 35.6 Å². The molecule has 0 aliphatic heterocycles. The summed E-state index contributed by atoms with van der Waals surface area (Å²) >= 11 is 0. The quantitative estimate of drug-likeness (QED) is 0.642. The maximum absolute atomic E-state index is 9.78. The molecule has 14 heavy (non-hydrogen) atoms. The van der Waals surface area contributed by atoms with Gasteiger partial charge in [0.05, 0.1) is 18.3 Å². The summed E-state index contributed by atoms with van der Waals surface area (Å²) in [7, 11) is 1.60. The van der Waals surface area contributed by atoms with E-state index in [9.17, 15) is 5.11 Å². The van der Waals surface area contributed by atoms with Crippen molar-refractivity contribution in [1.82, 2.24) is 0 Å². The summed E-state index contributed by atoms with van der Waals surface area (Å²) in [6.07, 6.45) is 2.72. The molecular formula is C11H22O3. The van der Waals surface area contributed by atoms with Gasteiger partial charge in [0.2, 0.25) is 0 Å². The molecule has 2 N–H and O–H groups in total. The second kappa shape index (κ2) is 6.17. The van der Waals surface area contributed by atoms with Gasteiger partial charge in [-0.15, -0.1) is 0 Å². The number of allylic oxidation sites excluding steroid dienone is 1. The van der Waals surface area contributed by atoms with Crippen molar-refractivity contribution in [2.45, 2.75) is 45.3 Å². The van der Waals surface area contributed by atoms with Crippen LogP contribution in [0.1, 0.15) is 33.6 Å². The van der Waals surface area contributed by atoms with Crippen molar-refractivity contribution in [3.63, 3.8) is 0 Å². The molecule has 3 nitrogen and oxygen atoms in total. The van der Waals surface area contributed by atoms with E-state index in [2.05, 4.69) is 0 Å². The van der Waals surface area contributed by atoms with E-state index >= 15 is 0 Å². The van der Waals surface area contributed by atoms with Crippen LogP contribution in [0.4, 0.5) is 0 Å². The fraction of sp³-hybridized carbons (Fsp3) is 0.818. The van der Waals surface area contributed by atoms with E-state index in [-0.39, 0.29) is 6.61 Å². The van der Waals surface area contributed by atoms with Crippen LogP contribution in [0.25, 0.3) is 0 Å². The molecule has 0 aliphatic carbocycles. The monoisotopic (exact) mass is 202 g/mol. The van der Waals surface area contributed by atoms with Gasteiger partial charge >= 0.3 is 0 Å². The fourth-order valence-corrected chi connectivity index (χ4v) is 1.11. The molecule has 1 atom stereocenters. The van der Waals surface area contributed by atoms with Crippen molar-refractivity contribution >= 4 is 0 Å². The van der Waals surface area contributed by atoms with Gasteiger partial charge in [0.1, 0.15) is 0 Å². The largest absolute Gasteiger partial charge is 0.392 e. The van der Waals surface area contributed by atoms with Gasteiger partial charge in [0.15, 0.2) is 0 Å². The zero-order valence-corrected chi connectivity index (χ0v) is 9.58. The normalized spacial score (nSPS) is 15.7. The zero-order chi connectivity index (χ0) is 11.2. The molecule has 84 valence electrons. The SMILES string of the molecule is COC(C)(C)C(O)CC/C(C)=C/CO. The van der Waals surface area contributed by atoms with Gasteiger partial charge in [0.25, 0.3) is 0 Å². The van der Waals surface area contributed by atoms with Crippen LogP contribution in [-0.2, 0) is 4.74 Å². The Morgan fingerprint density at radius 1 is 1.50 bits per heavy atom. The Labute approximate surface area is 86.4 Å². The standard InChI is InChI=1S/C11H22O3/c1-9(7-8-12)5-6-10(13)11(2,3)14-4/h7,10,12-13H,5-6,8H2,1-4H3/b9-7+. The zero-order valence-electron chi connectivity index (χ0n) is 9.58. The molecule has 0 aromatic carbocycles. The molecule has 0 aromatic rings. The minimum atomic E-state index is -0.501. The Hall–Kier alpha value is -0.380. The first-order chi connectivity index (χ1) is 6.44. The van der Waals surface area contributed by atoms with E-state index < -0.39 is 11.7 Å². The first-order valence-electron chi connectivity index (χ1n) is 4.93. The van der Waals surface area contributed by atoms with Crippen molar-refractivity contribution < 1.29 is 14.9 Å². The Kier molecular flexibility index (Phi) is 6.00. The highest BCUT2D eigenvalue weighted by atomic mass is 16.5. The Balaban J connectivity index is 3.96. The third-order valence-corrected chi connectivity index (χ3v) is 2.58. The first kappa shape index (κ1) is 13.6. The summed E-state index contributed by atoms with van der Waals surface area (Å²) in [5.41, 5.74) is 0.595. The average Bonchev–Trinajstić information content (AvgIpc) is 2.14. The highest BCUT2D eigenvalue weighted by molar-refractivity contribution is 4.98. The summed E-state index contributed by atoms with van der Waals surface area (Å²) < 4.78 is 5.17. The summed E-state index contributed by atoms with van der Waals surface area (Å²) in [6, 6.07) is 0. The third kappa shape index (κ3) is 4.74. The molecule has 3 heteroatoms. The molecule has 0 spiro atoms. The number of hydrogen-bond donors (Lipinski definition) is 2. The number of methoxy groups -OCH3 is 1. The predicted molar refractivity (Wildman–Crippen MR) is 57.2 cm³/mol. The van der Waals surface area contributed by atoms with Crippen molar-refractivity contribution in [2.75, 3.05) is 13.7 Å². The third-order valence-electron chi connectivity index (χ3n) is 2.58. The van der Waals surface area contributed by atoms with Crippen molar-refractivity contribution in [2.24, 2.45) is 0 Å². The Morgan fingerprint density at radius 2 is 2.07 bits per heavy atom. The van der Waals surface area contributed by atoms with Crippen LogP contribution in [0, 0.1) is 0 Å². The van der Waals surface area contributed by atoms with Crippen LogP contribution in [0.3, 0.4) is 0 Å². The van der Waals surface area contributed by atoms with Crippen LogP contribution in [0.15, 0.2) is 11.6 Å². The fourth-order valence-electron chi connectivity index (χ4n) is 1.11. The van der Waals surface area contributed by atoms with E-state index in [1.165, 1.54) is 0 Å². The van der Waals surface area contributed by atoms with Gasteiger partial charge in [-0.2, -0.15) is 0 Å². The lowest BCUT2D eigenvalue weighted by molar-refractivity contribution is -0.0797. The van der Waals surface area contributed by atoms with Gasteiger partial charge in [-0.05, 0) is 33.6 Å². The molecule has 0 radical (unpaired) electrons. The van der Waals surface area contributed by atoms with E-state index in [0.29, 0.717) is 6.42 Å². The lowest BCUT2D eigenvalue weighted by atomic mass is 9.95. The predicted octanol–water partition coefficient (Wildman–Crippen LogP) is 1.49. The van der Waals surface area contributed by atoms with Crippen LogP contribution in [0.2, 0.25) is 0 Å². The number of hydrogen-bond acceptors (Lipinski definition) is 3. The van der Waals surface area contributed by atoms with Gasteiger partial charge in [-0.1, -0.05) is 11.6 Å². The lowest BCUT2D eigenvalue weighted by Crippen LogP contribution is -2.37. The summed E-state index contributed by atoms with van der Waals surface area (Å²) in [6.45, 7) is 5.74. The molecule has 0 heterocycles. The highest BCUT2D eigenvalue weighted by Gasteiger charge is 2.26. The van der Waals surface area contributed by atoms with Crippen LogP contribution < -0.4 is 0 Å². The molecule has 0 amide bonds. The molecule has 0 aliphatic rings. The second-order valence-corrected chi connectivity index (χ2v) is 4.10. The number of rotatable bonds is 6. The molecule has 0 saturated carbocycles. The summed E-state index contributed by atoms with van der Waals surface area (Å²) in [4.78, 5) is 0. The molecule has 0 bridgehead atoms. The number of aliphatic hydroxyl groups excluding tert-OH is 2. The lowest BCUT2D eigenvalue weighted by Gasteiger charge is -2.29. The second-order valence-electron chi connectivity index (χ2n) is 4.10. The molecule has 0 aromatic heterocycles. The van der Waals surface area contributed by atoms with Gasteiger partial charge in [-0.25, -0.2) is 0 Å². The van der Waals surface area contributed by atoms with Gasteiger partial charge in [0, 0.05) is 7.11 Å². The Morgan fingerprint density at radius 3 is 2.50 bits per heavy atom. The van der Waals surface area contributed by atoms with Crippen LogP contribution in [0.5, 0.6) is 0 Å². The van der Waals surface area contributed by atoms with Gasteiger partial charge in [-0.3, -0.25) is 0 Å². The van der Waals surface area contributed by atoms with E-state index in [4.69, 9.17) is 9.84 Å². The number of ether oxygens (including phenoxy) is 1. The summed E-state index contributed by atoms with van der Waals surface area (Å²) in [5, 5.41) is 18.4. The molecule has 1 unspecified atom stereocenters. The van der Waals surface area contributed by atoms with E-state index in [1.54, 1.807) is 13.2 Å². The van der Waals surface area contributed by atoms with Crippen molar-refractivity contribution in [3.8, 4) is 0 Å². The minimum absolute atomic E-state index is 0.0651.